The predicted molar refractivity (Wildman–Crippen MR) is 72.6 cm³/mol. The molecule has 0 unspecified atom stereocenters. The Hall–Kier alpha value is 0.640. The van der Waals surface area contributed by atoms with Crippen LogP contribution in [-0.2, 0) is 9.59 Å². The molecule has 0 saturated heterocycles. The number of rotatable bonds is 4. The molecule has 0 aromatic rings. The first-order chi connectivity index (χ1) is 7.94. The van der Waals surface area contributed by atoms with E-state index in [0.717, 1.165) is 0 Å². The van der Waals surface area contributed by atoms with Crippen molar-refractivity contribution < 1.29 is 14.7 Å². The number of hydrogen-bond acceptors (Lipinski definition) is 3. The van der Waals surface area contributed by atoms with E-state index in [1.807, 2.05) is 0 Å². The minimum atomic E-state index is -2.12. The Bertz CT molecular complexity index is 283. The van der Waals surface area contributed by atoms with Crippen LogP contribution in [-0.4, -0.2) is 43.7 Å². The van der Waals surface area contributed by atoms with Crippen LogP contribution in [0, 0.1) is 0 Å². The molecule has 0 heterocycles. The summed E-state index contributed by atoms with van der Waals surface area (Å²) in [5.41, 5.74) is 0. The molecule has 106 valence electrons. The number of hydrogen-bond donors (Lipinski definition) is 3. The fourth-order valence-electron chi connectivity index (χ4n) is 0.694. The zero-order valence-electron chi connectivity index (χ0n) is 8.52. The molecular weight excluding hydrogens is 373 g/mol. The second kappa shape index (κ2) is 7.43. The molecule has 2 amide bonds. The molecule has 0 rings (SSSR count). The van der Waals surface area contributed by atoms with Gasteiger partial charge >= 0.3 is 0 Å². The molecule has 0 spiro atoms. The number of aliphatic hydroxyl groups is 1. The van der Waals surface area contributed by atoms with Gasteiger partial charge in [-0.25, -0.2) is 0 Å². The van der Waals surface area contributed by atoms with Gasteiger partial charge in [0.25, 0.3) is 19.4 Å². The lowest BCUT2D eigenvalue weighted by Crippen LogP contribution is -2.45. The third kappa shape index (κ3) is 7.94. The van der Waals surface area contributed by atoms with Crippen LogP contribution < -0.4 is 10.6 Å². The molecule has 0 aliphatic rings. The van der Waals surface area contributed by atoms with Crippen molar-refractivity contribution in [3.8, 4) is 0 Å². The number of carbonyl (C=O) groups is 2. The smallest absolute Gasteiger partial charge is 0.272 e. The summed E-state index contributed by atoms with van der Waals surface area (Å²) in [6.45, 7) is -0.486. The summed E-state index contributed by atoms with van der Waals surface area (Å²) < 4.78 is -4.25. The van der Waals surface area contributed by atoms with Crippen molar-refractivity contribution in [1.82, 2.24) is 10.6 Å². The number of carbonyl (C=O) groups excluding carboxylic acids is 2. The van der Waals surface area contributed by atoms with E-state index in [4.69, 9.17) is 69.6 Å². The van der Waals surface area contributed by atoms with E-state index in [9.17, 15) is 14.7 Å². The second-order valence-electron chi connectivity index (χ2n) is 3.07. The van der Waals surface area contributed by atoms with E-state index in [2.05, 4.69) is 10.6 Å². The minimum absolute atomic E-state index is 0.243. The van der Waals surface area contributed by atoms with Gasteiger partial charge in [-0.05, 0) is 0 Å². The molecule has 3 N–H and O–H groups in total. The monoisotopic (exact) mass is 378 g/mol. The third-order valence-corrected chi connectivity index (χ3v) is 2.54. The van der Waals surface area contributed by atoms with Crippen molar-refractivity contribution >= 4 is 81.4 Å². The molecule has 18 heavy (non-hydrogen) atoms. The largest absolute Gasteiger partial charge is 0.389 e. The van der Waals surface area contributed by atoms with Crippen LogP contribution >= 0.6 is 69.6 Å². The molecule has 0 aliphatic carbocycles. The Balaban J connectivity index is 3.97. The van der Waals surface area contributed by atoms with Gasteiger partial charge in [0.15, 0.2) is 0 Å². The maximum atomic E-state index is 11.1. The Morgan fingerprint density at radius 1 is 0.889 bits per heavy atom. The van der Waals surface area contributed by atoms with Crippen LogP contribution in [0.15, 0.2) is 0 Å². The lowest BCUT2D eigenvalue weighted by atomic mass is 10.3. The highest BCUT2D eigenvalue weighted by molar-refractivity contribution is 6.76. The van der Waals surface area contributed by atoms with E-state index >= 15 is 0 Å². The lowest BCUT2D eigenvalue weighted by molar-refractivity contribution is -0.120. The van der Waals surface area contributed by atoms with Gasteiger partial charge in [-0.2, -0.15) is 0 Å². The predicted octanol–water partition coefficient (Wildman–Crippen LogP) is 1.32. The molecule has 0 atom stereocenters. The topological polar surface area (TPSA) is 78.4 Å². The molecule has 0 saturated carbocycles. The number of alkyl halides is 6. The van der Waals surface area contributed by atoms with Crippen molar-refractivity contribution in [3.63, 3.8) is 0 Å². The van der Waals surface area contributed by atoms with Gasteiger partial charge in [0.2, 0.25) is 0 Å². The molecule has 0 fully saturated rings. The van der Waals surface area contributed by atoms with Crippen LogP contribution in [0.4, 0.5) is 0 Å². The highest BCUT2D eigenvalue weighted by atomic mass is 35.6. The summed E-state index contributed by atoms with van der Waals surface area (Å²) in [7, 11) is 0. The first kappa shape index (κ1) is 18.6. The normalized spacial score (nSPS) is 12.4. The standard InChI is InChI=1S/C7H8Cl6N2O3/c8-6(9,10)4(17)14-1-3(16)2-15-5(18)7(11,12)13/h3,16H,1-2H2,(H,14,17)(H,15,18). The van der Waals surface area contributed by atoms with Crippen LogP contribution in [0.2, 0.25) is 0 Å². The third-order valence-electron chi connectivity index (χ3n) is 1.51. The van der Waals surface area contributed by atoms with Gasteiger partial charge in [0.1, 0.15) is 0 Å². The highest BCUT2D eigenvalue weighted by Crippen LogP contribution is 2.26. The molecule has 0 bridgehead atoms. The van der Waals surface area contributed by atoms with Gasteiger partial charge < -0.3 is 15.7 Å². The van der Waals surface area contributed by atoms with E-state index in [1.54, 1.807) is 0 Å². The van der Waals surface area contributed by atoms with Crippen molar-refractivity contribution in [2.45, 2.75) is 13.7 Å². The Kier molecular flexibility index (Phi) is 7.69. The zero-order valence-corrected chi connectivity index (χ0v) is 13.1. The summed E-state index contributed by atoms with van der Waals surface area (Å²) in [5, 5.41) is 13.7. The Morgan fingerprint density at radius 3 is 1.39 bits per heavy atom. The van der Waals surface area contributed by atoms with Crippen molar-refractivity contribution in [3.05, 3.63) is 0 Å². The maximum Gasteiger partial charge on any atom is 0.272 e. The van der Waals surface area contributed by atoms with Crippen molar-refractivity contribution in [2.75, 3.05) is 13.1 Å². The fraction of sp³-hybridized carbons (Fsp3) is 0.714. The van der Waals surface area contributed by atoms with Crippen molar-refractivity contribution in [1.29, 1.82) is 0 Å². The van der Waals surface area contributed by atoms with E-state index < -0.39 is 25.5 Å². The first-order valence-electron chi connectivity index (χ1n) is 4.32. The molecule has 0 aromatic heterocycles. The number of amides is 2. The number of nitrogens with one attached hydrogen (secondary N) is 2. The molecule has 0 aromatic carbocycles. The quantitative estimate of drug-likeness (QED) is 0.644. The molecule has 11 heteroatoms. The van der Waals surface area contributed by atoms with Gasteiger partial charge in [0.05, 0.1) is 6.10 Å². The Labute approximate surface area is 133 Å². The van der Waals surface area contributed by atoms with E-state index in [1.165, 1.54) is 0 Å². The summed E-state index contributed by atoms with van der Waals surface area (Å²) in [5.74, 6) is -1.81. The van der Waals surface area contributed by atoms with Crippen LogP contribution in [0.1, 0.15) is 0 Å². The summed E-state index contributed by atoms with van der Waals surface area (Å²) in [4.78, 5) is 22.2. The van der Waals surface area contributed by atoms with Crippen LogP contribution in [0.5, 0.6) is 0 Å². The van der Waals surface area contributed by atoms with Gasteiger partial charge in [0, 0.05) is 13.1 Å². The average molecular weight is 381 g/mol. The fourth-order valence-corrected chi connectivity index (χ4v) is 1.09. The summed E-state index contributed by atoms with van der Waals surface area (Å²) >= 11 is 31.6. The lowest BCUT2D eigenvalue weighted by Gasteiger charge is -2.17. The molecule has 0 radical (unpaired) electrons. The van der Waals surface area contributed by atoms with Gasteiger partial charge in [-0.3, -0.25) is 9.59 Å². The Morgan fingerprint density at radius 2 is 1.17 bits per heavy atom. The molecule has 5 nitrogen and oxygen atoms in total. The maximum absolute atomic E-state index is 11.1. The van der Waals surface area contributed by atoms with Crippen LogP contribution in [0.25, 0.3) is 0 Å². The molecule has 0 aliphatic heterocycles. The minimum Gasteiger partial charge on any atom is -0.389 e. The number of aliphatic hydroxyl groups excluding tert-OH is 1. The van der Waals surface area contributed by atoms with E-state index in [0.29, 0.717) is 0 Å². The highest BCUT2D eigenvalue weighted by Gasteiger charge is 2.32. The SMILES string of the molecule is O=C(NCC(O)CNC(=O)C(Cl)(Cl)Cl)C(Cl)(Cl)Cl. The van der Waals surface area contributed by atoms with Gasteiger partial charge in [-0.15, -0.1) is 0 Å². The van der Waals surface area contributed by atoms with Gasteiger partial charge in [-0.1, -0.05) is 69.6 Å². The first-order valence-corrected chi connectivity index (χ1v) is 6.59. The average Bonchev–Trinajstić information content (AvgIpc) is 2.19. The van der Waals surface area contributed by atoms with Crippen LogP contribution in [0.3, 0.4) is 0 Å². The number of halogens is 6. The second-order valence-corrected chi connectivity index (χ2v) is 7.63. The molecular formula is C7H8Cl6N2O3. The summed E-state index contributed by atoms with van der Waals surface area (Å²) in [6, 6.07) is 0. The van der Waals surface area contributed by atoms with E-state index in [-0.39, 0.29) is 13.1 Å². The van der Waals surface area contributed by atoms with Crippen molar-refractivity contribution in [2.24, 2.45) is 0 Å². The summed E-state index contributed by atoms with van der Waals surface area (Å²) in [6.07, 6.45) is -1.13. The zero-order chi connectivity index (χ0) is 14.6.